The summed E-state index contributed by atoms with van der Waals surface area (Å²) < 4.78 is 0. The first-order valence-electron chi connectivity index (χ1n) is 7.56. The Balaban J connectivity index is 2.10. The monoisotopic (exact) mass is 274 g/mol. The SMILES string of the molecule is Cc1c(-c2ccc(C(C)(C)C)cc2)ccc2ccccc12. The summed E-state index contributed by atoms with van der Waals surface area (Å²) in [4.78, 5) is 0. The van der Waals surface area contributed by atoms with Gasteiger partial charge in [0.15, 0.2) is 0 Å². The Kier molecular flexibility index (Phi) is 3.33. The first-order chi connectivity index (χ1) is 9.97. The molecule has 0 spiro atoms. The molecule has 0 unspecified atom stereocenters. The lowest BCUT2D eigenvalue weighted by molar-refractivity contribution is 0.590. The normalized spacial score (nSPS) is 11.8. The molecule has 106 valence electrons. The second kappa shape index (κ2) is 5.04. The average Bonchev–Trinajstić information content (AvgIpc) is 2.47. The van der Waals surface area contributed by atoms with Crippen molar-refractivity contribution in [1.29, 1.82) is 0 Å². The lowest BCUT2D eigenvalue weighted by atomic mass is 9.85. The first kappa shape index (κ1) is 13.9. The van der Waals surface area contributed by atoms with E-state index in [4.69, 9.17) is 0 Å². The summed E-state index contributed by atoms with van der Waals surface area (Å²) in [7, 11) is 0. The van der Waals surface area contributed by atoms with Crippen molar-refractivity contribution in [3.05, 3.63) is 71.8 Å². The van der Waals surface area contributed by atoms with Crippen LogP contribution in [0.2, 0.25) is 0 Å². The summed E-state index contributed by atoms with van der Waals surface area (Å²) in [5.74, 6) is 0. The van der Waals surface area contributed by atoms with Gasteiger partial charge in [0.25, 0.3) is 0 Å². The zero-order chi connectivity index (χ0) is 15.0. The molecule has 3 aromatic carbocycles. The fraction of sp³-hybridized carbons (Fsp3) is 0.238. The maximum atomic E-state index is 2.25. The van der Waals surface area contributed by atoms with Crippen LogP contribution in [-0.2, 0) is 5.41 Å². The lowest BCUT2D eigenvalue weighted by Gasteiger charge is -2.19. The molecule has 0 atom stereocenters. The highest BCUT2D eigenvalue weighted by Crippen LogP contribution is 2.31. The molecule has 21 heavy (non-hydrogen) atoms. The van der Waals surface area contributed by atoms with E-state index in [0.717, 1.165) is 0 Å². The quantitative estimate of drug-likeness (QED) is 0.502. The van der Waals surface area contributed by atoms with Gasteiger partial charge in [-0.15, -0.1) is 0 Å². The lowest BCUT2D eigenvalue weighted by Crippen LogP contribution is -2.10. The van der Waals surface area contributed by atoms with Gasteiger partial charge in [-0.25, -0.2) is 0 Å². The van der Waals surface area contributed by atoms with Crippen LogP contribution in [0, 0.1) is 6.92 Å². The third-order valence-corrected chi connectivity index (χ3v) is 4.26. The van der Waals surface area contributed by atoms with E-state index in [9.17, 15) is 0 Å². The van der Waals surface area contributed by atoms with Gasteiger partial charge in [-0.1, -0.05) is 81.4 Å². The van der Waals surface area contributed by atoms with E-state index in [1.165, 1.54) is 33.0 Å². The fourth-order valence-electron chi connectivity index (χ4n) is 2.89. The Labute approximate surface area is 127 Å². The highest BCUT2D eigenvalue weighted by molar-refractivity contribution is 5.91. The Bertz CT molecular complexity index is 771. The molecule has 3 rings (SSSR count). The van der Waals surface area contributed by atoms with Crippen LogP contribution in [0.3, 0.4) is 0 Å². The van der Waals surface area contributed by atoms with Crippen molar-refractivity contribution in [3.8, 4) is 11.1 Å². The van der Waals surface area contributed by atoms with E-state index in [-0.39, 0.29) is 5.41 Å². The molecule has 0 heteroatoms. The molecular weight excluding hydrogens is 252 g/mol. The van der Waals surface area contributed by atoms with Gasteiger partial charge in [0.2, 0.25) is 0 Å². The highest BCUT2D eigenvalue weighted by atomic mass is 14.2. The molecule has 0 aromatic heterocycles. The minimum absolute atomic E-state index is 0.205. The minimum Gasteiger partial charge on any atom is -0.0616 e. The van der Waals surface area contributed by atoms with Crippen molar-refractivity contribution < 1.29 is 0 Å². The summed E-state index contributed by atoms with van der Waals surface area (Å²) >= 11 is 0. The number of hydrogen-bond acceptors (Lipinski definition) is 0. The van der Waals surface area contributed by atoms with Crippen molar-refractivity contribution in [2.75, 3.05) is 0 Å². The maximum Gasteiger partial charge on any atom is -0.0132 e. The Hall–Kier alpha value is -2.08. The number of hydrogen-bond donors (Lipinski definition) is 0. The largest absolute Gasteiger partial charge is 0.0616 e. The summed E-state index contributed by atoms with van der Waals surface area (Å²) in [5.41, 5.74) is 5.57. The molecule has 0 saturated carbocycles. The molecule has 3 aromatic rings. The zero-order valence-electron chi connectivity index (χ0n) is 13.3. The molecule has 0 amide bonds. The van der Waals surface area contributed by atoms with Gasteiger partial charge in [-0.3, -0.25) is 0 Å². The van der Waals surface area contributed by atoms with Crippen LogP contribution >= 0.6 is 0 Å². The van der Waals surface area contributed by atoms with Crippen LogP contribution in [0.15, 0.2) is 60.7 Å². The Morgan fingerprint density at radius 1 is 0.714 bits per heavy atom. The van der Waals surface area contributed by atoms with E-state index in [2.05, 4.69) is 88.4 Å². The summed E-state index contributed by atoms with van der Waals surface area (Å²) in [6.07, 6.45) is 0. The molecule has 0 saturated heterocycles. The van der Waals surface area contributed by atoms with E-state index in [0.29, 0.717) is 0 Å². The third-order valence-electron chi connectivity index (χ3n) is 4.26. The van der Waals surface area contributed by atoms with E-state index < -0.39 is 0 Å². The van der Waals surface area contributed by atoms with Gasteiger partial charge in [0.05, 0.1) is 0 Å². The van der Waals surface area contributed by atoms with Gasteiger partial charge in [0, 0.05) is 0 Å². The third kappa shape index (κ3) is 2.58. The van der Waals surface area contributed by atoms with Gasteiger partial charge in [-0.2, -0.15) is 0 Å². The van der Waals surface area contributed by atoms with Crippen molar-refractivity contribution in [3.63, 3.8) is 0 Å². The Morgan fingerprint density at radius 3 is 2.05 bits per heavy atom. The fourth-order valence-corrected chi connectivity index (χ4v) is 2.89. The Morgan fingerprint density at radius 2 is 1.38 bits per heavy atom. The molecule has 0 N–H and O–H groups in total. The van der Waals surface area contributed by atoms with Gasteiger partial charge in [0.1, 0.15) is 0 Å². The average molecular weight is 274 g/mol. The van der Waals surface area contributed by atoms with E-state index in [1.54, 1.807) is 0 Å². The summed E-state index contributed by atoms with van der Waals surface area (Å²) in [6.45, 7) is 8.98. The number of fused-ring (bicyclic) bond motifs is 1. The van der Waals surface area contributed by atoms with Crippen LogP contribution in [0.25, 0.3) is 21.9 Å². The summed E-state index contributed by atoms with van der Waals surface area (Å²) in [5, 5.41) is 2.65. The molecule has 0 aliphatic heterocycles. The summed E-state index contributed by atoms with van der Waals surface area (Å²) in [6, 6.07) is 22.1. The predicted molar refractivity (Wildman–Crippen MR) is 92.8 cm³/mol. The molecule has 0 nitrogen and oxygen atoms in total. The van der Waals surface area contributed by atoms with Crippen molar-refractivity contribution in [2.45, 2.75) is 33.1 Å². The smallest absolute Gasteiger partial charge is 0.0132 e. The topological polar surface area (TPSA) is 0 Å². The predicted octanol–water partition coefficient (Wildman–Crippen LogP) is 6.11. The van der Waals surface area contributed by atoms with Gasteiger partial charge in [-0.05, 0) is 45.4 Å². The zero-order valence-corrected chi connectivity index (χ0v) is 13.3. The second-order valence-electron chi connectivity index (χ2n) is 6.79. The van der Waals surface area contributed by atoms with Crippen LogP contribution in [0.5, 0.6) is 0 Å². The highest BCUT2D eigenvalue weighted by Gasteiger charge is 2.13. The number of benzene rings is 3. The second-order valence-corrected chi connectivity index (χ2v) is 6.79. The molecular formula is C21H22. The maximum absolute atomic E-state index is 2.25. The first-order valence-corrected chi connectivity index (χ1v) is 7.56. The molecule has 0 bridgehead atoms. The van der Waals surface area contributed by atoms with Crippen molar-refractivity contribution >= 4 is 10.8 Å². The molecule has 0 fully saturated rings. The number of rotatable bonds is 1. The van der Waals surface area contributed by atoms with Crippen molar-refractivity contribution in [1.82, 2.24) is 0 Å². The van der Waals surface area contributed by atoms with Crippen LogP contribution in [0.4, 0.5) is 0 Å². The van der Waals surface area contributed by atoms with E-state index >= 15 is 0 Å². The molecule has 0 radical (unpaired) electrons. The molecule has 0 heterocycles. The van der Waals surface area contributed by atoms with Crippen molar-refractivity contribution in [2.24, 2.45) is 0 Å². The van der Waals surface area contributed by atoms with Crippen LogP contribution < -0.4 is 0 Å². The molecule has 0 aliphatic rings. The van der Waals surface area contributed by atoms with Crippen LogP contribution in [0.1, 0.15) is 31.9 Å². The minimum atomic E-state index is 0.205. The van der Waals surface area contributed by atoms with Gasteiger partial charge < -0.3 is 0 Å². The van der Waals surface area contributed by atoms with E-state index in [1.807, 2.05) is 0 Å². The molecule has 0 aliphatic carbocycles. The van der Waals surface area contributed by atoms with Gasteiger partial charge >= 0.3 is 0 Å². The van der Waals surface area contributed by atoms with Crippen LogP contribution in [-0.4, -0.2) is 0 Å². The standard InChI is InChI=1S/C21H22/c1-15-19-8-6-5-7-16(19)11-14-20(15)17-9-12-18(13-10-17)21(2,3)4/h5-14H,1-4H3. The number of aryl methyl sites for hydroxylation is 1.